The molecule has 0 radical (unpaired) electrons. The number of carbonyl (C=O) groups excluding carboxylic acids is 2. The van der Waals surface area contributed by atoms with Crippen molar-refractivity contribution < 1.29 is 22.8 Å². The minimum absolute atomic E-state index is 0.0770. The van der Waals surface area contributed by atoms with Gasteiger partial charge in [0.1, 0.15) is 0 Å². The molecule has 3 rings (SSSR count). The van der Waals surface area contributed by atoms with Crippen LogP contribution in [0, 0.1) is 0 Å². The van der Waals surface area contributed by atoms with Crippen LogP contribution in [0.5, 0.6) is 0 Å². The van der Waals surface area contributed by atoms with Gasteiger partial charge in [0.25, 0.3) is 0 Å². The molecule has 1 aliphatic heterocycles. The average molecular weight is 405 g/mol. The summed E-state index contributed by atoms with van der Waals surface area (Å²) in [6, 6.07) is 12.0. The lowest BCUT2D eigenvalue weighted by atomic mass is 10.1. The fourth-order valence-electron chi connectivity index (χ4n) is 3.26. The van der Waals surface area contributed by atoms with E-state index in [2.05, 4.69) is 5.32 Å². The van der Waals surface area contributed by atoms with Crippen molar-refractivity contribution in [2.45, 2.75) is 13.1 Å². The molecule has 0 bridgehead atoms. The summed E-state index contributed by atoms with van der Waals surface area (Å²) in [6.45, 7) is 3.85. The predicted molar refractivity (Wildman–Crippen MR) is 105 cm³/mol. The van der Waals surface area contributed by atoms with Gasteiger partial charge in [0.2, 0.25) is 5.91 Å². The summed E-state index contributed by atoms with van der Waals surface area (Å²) in [7, 11) is 0. The quantitative estimate of drug-likeness (QED) is 0.772. The molecule has 1 fully saturated rings. The fourth-order valence-corrected chi connectivity index (χ4v) is 3.26. The lowest BCUT2D eigenvalue weighted by Gasteiger charge is -2.36. The number of benzene rings is 2. The summed E-state index contributed by atoms with van der Waals surface area (Å²) < 4.78 is 38.7. The van der Waals surface area contributed by atoms with Gasteiger partial charge >= 0.3 is 6.18 Å². The van der Waals surface area contributed by atoms with E-state index in [0.29, 0.717) is 43.1 Å². The minimum atomic E-state index is -4.37. The summed E-state index contributed by atoms with van der Waals surface area (Å²) >= 11 is 0. The van der Waals surface area contributed by atoms with Gasteiger partial charge in [0, 0.05) is 43.1 Å². The summed E-state index contributed by atoms with van der Waals surface area (Å²) in [4.78, 5) is 27.6. The molecule has 8 heteroatoms. The van der Waals surface area contributed by atoms with E-state index >= 15 is 0 Å². The molecule has 1 heterocycles. The van der Waals surface area contributed by atoms with Gasteiger partial charge in [-0.3, -0.25) is 14.5 Å². The van der Waals surface area contributed by atoms with Crippen LogP contribution >= 0.6 is 0 Å². The second kappa shape index (κ2) is 8.65. The molecular formula is C21H22F3N3O2. The Balaban J connectivity index is 1.53. The Morgan fingerprint density at radius 1 is 1.00 bits per heavy atom. The number of hydrogen-bond acceptors (Lipinski definition) is 4. The highest BCUT2D eigenvalue weighted by Crippen LogP contribution is 2.31. The van der Waals surface area contributed by atoms with E-state index in [9.17, 15) is 22.8 Å². The second-order valence-corrected chi connectivity index (χ2v) is 7.00. The molecule has 154 valence electrons. The van der Waals surface area contributed by atoms with Crippen molar-refractivity contribution in [2.24, 2.45) is 0 Å². The number of hydrogen-bond donors (Lipinski definition) is 1. The zero-order chi connectivity index (χ0) is 21.0. The monoisotopic (exact) mass is 405 g/mol. The predicted octanol–water partition coefficient (Wildman–Crippen LogP) is 3.67. The molecule has 1 amide bonds. The van der Waals surface area contributed by atoms with Gasteiger partial charge in [-0.25, -0.2) is 0 Å². The first-order chi connectivity index (χ1) is 13.7. The number of ketones is 1. The Morgan fingerprint density at radius 2 is 1.69 bits per heavy atom. The molecular weight excluding hydrogens is 383 g/mol. The smallest absolute Gasteiger partial charge is 0.369 e. The van der Waals surface area contributed by atoms with Gasteiger partial charge in [-0.2, -0.15) is 13.2 Å². The third kappa shape index (κ3) is 5.57. The Labute approximate surface area is 167 Å². The van der Waals surface area contributed by atoms with Crippen LogP contribution in [0.1, 0.15) is 22.8 Å². The molecule has 0 unspecified atom stereocenters. The van der Waals surface area contributed by atoms with Crippen molar-refractivity contribution in [1.29, 1.82) is 0 Å². The normalized spacial score (nSPS) is 15.2. The molecule has 1 saturated heterocycles. The van der Waals surface area contributed by atoms with E-state index < -0.39 is 11.7 Å². The third-order valence-corrected chi connectivity index (χ3v) is 4.83. The molecule has 0 spiro atoms. The SMILES string of the molecule is CC(=O)c1cccc(NC(=O)CN2CCN(c3cccc(C(F)(F)F)c3)CC2)c1. The van der Waals surface area contributed by atoms with E-state index in [1.165, 1.54) is 13.0 Å². The summed E-state index contributed by atoms with van der Waals surface area (Å²) in [5, 5.41) is 2.78. The maximum absolute atomic E-state index is 12.9. The number of amides is 1. The van der Waals surface area contributed by atoms with Crippen molar-refractivity contribution in [3.63, 3.8) is 0 Å². The molecule has 1 aliphatic rings. The minimum Gasteiger partial charge on any atom is -0.369 e. The molecule has 0 aliphatic carbocycles. The number of nitrogens with zero attached hydrogens (tertiary/aromatic N) is 2. The van der Waals surface area contributed by atoms with Crippen LogP contribution in [0.3, 0.4) is 0 Å². The van der Waals surface area contributed by atoms with Crippen molar-refractivity contribution in [3.05, 3.63) is 59.7 Å². The summed E-state index contributed by atoms with van der Waals surface area (Å²) in [6.07, 6.45) is -4.37. The zero-order valence-electron chi connectivity index (χ0n) is 16.0. The van der Waals surface area contributed by atoms with E-state index in [0.717, 1.165) is 12.1 Å². The van der Waals surface area contributed by atoms with Gasteiger partial charge in [-0.05, 0) is 37.3 Å². The molecule has 2 aromatic rings. The van der Waals surface area contributed by atoms with E-state index in [4.69, 9.17) is 0 Å². The van der Waals surface area contributed by atoms with Crippen LogP contribution in [0.2, 0.25) is 0 Å². The number of carbonyl (C=O) groups is 2. The lowest BCUT2D eigenvalue weighted by molar-refractivity contribution is -0.137. The van der Waals surface area contributed by atoms with Crippen molar-refractivity contribution in [2.75, 3.05) is 42.9 Å². The molecule has 1 N–H and O–H groups in total. The highest BCUT2D eigenvalue weighted by atomic mass is 19.4. The topological polar surface area (TPSA) is 52.7 Å². The lowest BCUT2D eigenvalue weighted by Crippen LogP contribution is -2.48. The van der Waals surface area contributed by atoms with E-state index in [-0.39, 0.29) is 18.2 Å². The van der Waals surface area contributed by atoms with Crippen LogP contribution in [0.15, 0.2) is 48.5 Å². The fraction of sp³-hybridized carbons (Fsp3) is 0.333. The maximum Gasteiger partial charge on any atom is 0.416 e. The van der Waals surface area contributed by atoms with Crippen LogP contribution in [-0.2, 0) is 11.0 Å². The molecule has 0 atom stereocenters. The van der Waals surface area contributed by atoms with E-state index in [1.54, 1.807) is 30.3 Å². The van der Waals surface area contributed by atoms with Crippen LogP contribution < -0.4 is 10.2 Å². The maximum atomic E-state index is 12.9. The Kier molecular flexibility index (Phi) is 6.22. The van der Waals surface area contributed by atoms with Crippen LogP contribution in [0.4, 0.5) is 24.5 Å². The second-order valence-electron chi connectivity index (χ2n) is 7.00. The molecule has 2 aromatic carbocycles. The highest BCUT2D eigenvalue weighted by Gasteiger charge is 2.31. The van der Waals surface area contributed by atoms with E-state index in [1.807, 2.05) is 9.80 Å². The highest BCUT2D eigenvalue weighted by molar-refractivity contribution is 5.97. The Morgan fingerprint density at radius 3 is 2.34 bits per heavy atom. The number of alkyl halides is 3. The van der Waals surface area contributed by atoms with Gasteiger partial charge < -0.3 is 10.2 Å². The van der Waals surface area contributed by atoms with Gasteiger partial charge in [-0.15, -0.1) is 0 Å². The number of rotatable bonds is 5. The van der Waals surface area contributed by atoms with Crippen molar-refractivity contribution >= 4 is 23.1 Å². The molecule has 0 aromatic heterocycles. The van der Waals surface area contributed by atoms with Crippen molar-refractivity contribution in [3.8, 4) is 0 Å². The zero-order valence-corrected chi connectivity index (χ0v) is 16.0. The molecule has 0 saturated carbocycles. The first-order valence-corrected chi connectivity index (χ1v) is 9.28. The first kappa shape index (κ1) is 20.9. The summed E-state index contributed by atoms with van der Waals surface area (Å²) in [5.41, 5.74) is 0.956. The molecule has 5 nitrogen and oxygen atoms in total. The Bertz CT molecular complexity index is 891. The summed E-state index contributed by atoms with van der Waals surface area (Å²) in [5.74, 6) is -0.273. The van der Waals surface area contributed by atoms with Gasteiger partial charge in [-0.1, -0.05) is 18.2 Å². The number of Topliss-reactive ketones (excluding diaryl/α,β-unsaturated/α-hetero) is 1. The van der Waals surface area contributed by atoms with Crippen LogP contribution in [-0.4, -0.2) is 49.3 Å². The number of anilines is 2. The standard InChI is InChI=1S/C21H22F3N3O2/c1-15(28)16-4-2-6-18(12-16)25-20(29)14-26-8-10-27(11-9-26)19-7-3-5-17(13-19)21(22,23)24/h2-7,12-13H,8-11,14H2,1H3,(H,25,29). The Hall–Kier alpha value is -2.87. The average Bonchev–Trinajstić information content (AvgIpc) is 2.68. The van der Waals surface area contributed by atoms with Gasteiger partial charge in [0.05, 0.1) is 12.1 Å². The third-order valence-electron chi connectivity index (χ3n) is 4.83. The van der Waals surface area contributed by atoms with Crippen LogP contribution in [0.25, 0.3) is 0 Å². The number of halogens is 3. The largest absolute Gasteiger partial charge is 0.416 e. The number of piperazine rings is 1. The van der Waals surface area contributed by atoms with Crippen molar-refractivity contribution in [1.82, 2.24) is 4.90 Å². The molecule has 29 heavy (non-hydrogen) atoms. The first-order valence-electron chi connectivity index (χ1n) is 9.28. The van der Waals surface area contributed by atoms with Gasteiger partial charge in [0.15, 0.2) is 5.78 Å². The number of nitrogens with one attached hydrogen (secondary N) is 1.